The van der Waals surface area contributed by atoms with Crippen LogP contribution in [0.1, 0.15) is 10.5 Å². The molecular weight excluding hydrogens is 273 g/mol. The number of fused-ring (bicyclic) bond motifs is 1. The third-order valence-electron chi connectivity index (χ3n) is 1.94. The van der Waals surface area contributed by atoms with Crippen LogP contribution >= 0.6 is 23.2 Å². The molecule has 8 heteroatoms. The van der Waals surface area contributed by atoms with Gasteiger partial charge in [-0.15, -0.1) is 0 Å². The van der Waals surface area contributed by atoms with E-state index in [0.717, 1.165) is 6.26 Å². The van der Waals surface area contributed by atoms with E-state index in [-0.39, 0.29) is 5.03 Å². The molecule has 86 valence electrons. The van der Waals surface area contributed by atoms with Crippen LogP contribution in [0.3, 0.4) is 0 Å². The molecule has 2 aromatic rings. The van der Waals surface area contributed by atoms with Crippen molar-refractivity contribution in [2.75, 3.05) is 6.26 Å². The molecule has 0 N–H and O–H groups in total. The zero-order valence-electron chi connectivity index (χ0n) is 8.13. The molecule has 0 saturated carbocycles. The van der Waals surface area contributed by atoms with Crippen LogP contribution in [0.5, 0.6) is 0 Å². The number of nitrogens with zero attached hydrogens (tertiary/aromatic N) is 3. The van der Waals surface area contributed by atoms with Crippen molar-refractivity contribution in [1.82, 2.24) is 14.4 Å². The molecule has 0 saturated heterocycles. The predicted molar refractivity (Wildman–Crippen MR) is 60.5 cm³/mol. The molecule has 0 bridgehead atoms. The maximum absolute atomic E-state index is 11.3. The Morgan fingerprint density at radius 2 is 2.06 bits per heavy atom. The number of sulfone groups is 1. The molecule has 0 fully saturated rings. The summed E-state index contributed by atoms with van der Waals surface area (Å²) in [6.45, 7) is 0. The average molecular weight is 280 g/mol. The minimum Gasteiger partial charge on any atom is -0.303 e. The molecule has 0 aliphatic carbocycles. The predicted octanol–water partition coefficient (Wildman–Crippen LogP) is 1.61. The zero-order chi connectivity index (χ0) is 11.9. The molecular formula is C8H7Cl2N3O2S. The van der Waals surface area contributed by atoms with Gasteiger partial charge in [0.15, 0.2) is 25.3 Å². The van der Waals surface area contributed by atoms with Crippen LogP contribution in [0.25, 0.3) is 5.65 Å². The SMILES string of the molecule is CS(=O)(=O)c1cn2cc(C(Cl)Cl)nc2cn1. The van der Waals surface area contributed by atoms with Crippen molar-refractivity contribution in [3.05, 3.63) is 24.3 Å². The molecule has 2 aromatic heterocycles. The van der Waals surface area contributed by atoms with Gasteiger partial charge in [-0.2, -0.15) is 0 Å². The van der Waals surface area contributed by atoms with Gasteiger partial charge in [0.25, 0.3) is 0 Å². The number of rotatable bonds is 2. The molecule has 0 atom stereocenters. The summed E-state index contributed by atoms with van der Waals surface area (Å²) in [6.07, 6.45) is 5.38. The fraction of sp³-hybridized carbons (Fsp3) is 0.250. The van der Waals surface area contributed by atoms with Crippen LogP contribution < -0.4 is 0 Å². The van der Waals surface area contributed by atoms with E-state index >= 15 is 0 Å². The van der Waals surface area contributed by atoms with E-state index in [9.17, 15) is 8.42 Å². The Morgan fingerprint density at radius 3 is 2.62 bits per heavy atom. The lowest BCUT2D eigenvalue weighted by Gasteiger charge is -1.97. The van der Waals surface area contributed by atoms with Crippen molar-refractivity contribution in [2.45, 2.75) is 9.86 Å². The van der Waals surface area contributed by atoms with Gasteiger partial charge in [-0.25, -0.2) is 18.4 Å². The van der Waals surface area contributed by atoms with Gasteiger partial charge in [-0.3, -0.25) is 0 Å². The maximum atomic E-state index is 11.3. The van der Waals surface area contributed by atoms with Crippen molar-refractivity contribution in [3.8, 4) is 0 Å². The quantitative estimate of drug-likeness (QED) is 0.784. The first-order valence-corrected chi connectivity index (χ1v) is 6.97. The summed E-state index contributed by atoms with van der Waals surface area (Å²) in [7, 11) is -3.33. The molecule has 0 aliphatic rings. The Labute approximate surface area is 102 Å². The summed E-state index contributed by atoms with van der Waals surface area (Å²) in [6, 6.07) is 0. The normalized spacial score (nSPS) is 12.5. The van der Waals surface area contributed by atoms with E-state index in [4.69, 9.17) is 23.2 Å². The molecule has 5 nitrogen and oxygen atoms in total. The van der Waals surface area contributed by atoms with Crippen molar-refractivity contribution in [1.29, 1.82) is 0 Å². The Kier molecular flexibility index (Phi) is 2.81. The van der Waals surface area contributed by atoms with Crippen LogP contribution in [-0.4, -0.2) is 29.0 Å². The summed E-state index contributed by atoms with van der Waals surface area (Å²) < 4.78 is 24.1. The number of hydrogen-bond acceptors (Lipinski definition) is 4. The highest BCUT2D eigenvalue weighted by Gasteiger charge is 2.13. The van der Waals surface area contributed by atoms with Gasteiger partial charge in [-0.1, -0.05) is 23.2 Å². The van der Waals surface area contributed by atoms with Crippen LogP contribution in [0.2, 0.25) is 0 Å². The van der Waals surface area contributed by atoms with E-state index in [0.29, 0.717) is 11.3 Å². The van der Waals surface area contributed by atoms with E-state index in [2.05, 4.69) is 9.97 Å². The molecule has 2 rings (SSSR count). The van der Waals surface area contributed by atoms with Crippen LogP contribution in [0.15, 0.2) is 23.6 Å². The first-order chi connectivity index (χ1) is 7.38. The second-order valence-corrected chi connectivity index (χ2v) is 6.29. The van der Waals surface area contributed by atoms with Crippen LogP contribution in [0, 0.1) is 0 Å². The molecule has 0 aromatic carbocycles. The zero-order valence-corrected chi connectivity index (χ0v) is 10.5. The largest absolute Gasteiger partial charge is 0.303 e. The van der Waals surface area contributed by atoms with Gasteiger partial charge in [-0.05, 0) is 0 Å². The number of halogens is 2. The van der Waals surface area contributed by atoms with Gasteiger partial charge < -0.3 is 4.40 Å². The third kappa shape index (κ3) is 2.14. The molecule has 0 amide bonds. The Balaban J connectivity index is 2.63. The lowest BCUT2D eigenvalue weighted by atomic mass is 10.5. The summed E-state index contributed by atoms with van der Waals surface area (Å²) in [5.74, 6) is 0. The van der Waals surface area contributed by atoms with Crippen LogP contribution in [0.4, 0.5) is 0 Å². The molecule has 0 aliphatic heterocycles. The van der Waals surface area contributed by atoms with Gasteiger partial charge in [0.2, 0.25) is 0 Å². The first kappa shape index (κ1) is 11.6. The Bertz CT molecular complexity index is 636. The summed E-state index contributed by atoms with van der Waals surface area (Å²) in [4.78, 5) is 7.12. The minimum atomic E-state index is -3.33. The van der Waals surface area contributed by atoms with Crippen molar-refractivity contribution >= 4 is 38.7 Å². The van der Waals surface area contributed by atoms with Gasteiger partial charge in [0, 0.05) is 18.6 Å². The molecule has 0 spiro atoms. The Hall–Kier alpha value is -0.850. The fourth-order valence-corrected chi connectivity index (χ4v) is 1.96. The highest BCUT2D eigenvalue weighted by atomic mass is 35.5. The smallest absolute Gasteiger partial charge is 0.194 e. The topological polar surface area (TPSA) is 64.3 Å². The summed E-state index contributed by atoms with van der Waals surface area (Å²) in [5.41, 5.74) is 0.949. The molecule has 2 heterocycles. The molecule has 0 radical (unpaired) electrons. The van der Waals surface area contributed by atoms with Crippen molar-refractivity contribution in [2.24, 2.45) is 0 Å². The van der Waals surface area contributed by atoms with E-state index < -0.39 is 14.7 Å². The third-order valence-corrected chi connectivity index (χ3v) is 3.36. The van der Waals surface area contributed by atoms with Crippen LogP contribution in [-0.2, 0) is 9.84 Å². The number of alkyl halides is 2. The highest BCUT2D eigenvalue weighted by Crippen LogP contribution is 2.23. The van der Waals surface area contributed by atoms with Gasteiger partial charge in [0.1, 0.15) is 0 Å². The molecule has 16 heavy (non-hydrogen) atoms. The first-order valence-electron chi connectivity index (χ1n) is 4.21. The fourth-order valence-electron chi connectivity index (χ4n) is 1.20. The van der Waals surface area contributed by atoms with Crippen molar-refractivity contribution < 1.29 is 8.42 Å². The van der Waals surface area contributed by atoms with E-state index in [1.165, 1.54) is 16.8 Å². The lowest BCUT2D eigenvalue weighted by Crippen LogP contribution is -2.02. The minimum absolute atomic E-state index is 0.0235. The summed E-state index contributed by atoms with van der Waals surface area (Å²) >= 11 is 11.3. The lowest BCUT2D eigenvalue weighted by molar-refractivity contribution is 0.597. The van der Waals surface area contributed by atoms with Gasteiger partial charge in [0.05, 0.1) is 11.9 Å². The number of imidazole rings is 1. The van der Waals surface area contributed by atoms with E-state index in [1.54, 1.807) is 6.20 Å². The van der Waals surface area contributed by atoms with Gasteiger partial charge >= 0.3 is 0 Å². The second-order valence-electron chi connectivity index (χ2n) is 3.23. The number of hydrogen-bond donors (Lipinski definition) is 0. The number of aromatic nitrogens is 3. The maximum Gasteiger partial charge on any atom is 0.194 e. The molecule has 0 unspecified atom stereocenters. The monoisotopic (exact) mass is 279 g/mol. The second kappa shape index (κ2) is 3.87. The standard InChI is InChI=1S/C8H7Cl2N3O2S/c1-16(14,15)7-4-13-3-5(8(9)10)12-6(13)2-11-7/h2-4,8H,1H3. The Morgan fingerprint density at radius 1 is 1.38 bits per heavy atom. The average Bonchev–Trinajstić information content (AvgIpc) is 2.58. The van der Waals surface area contributed by atoms with Crippen molar-refractivity contribution in [3.63, 3.8) is 0 Å². The summed E-state index contributed by atoms with van der Waals surface area (Å²) in [5, 5.41) is -0.0235. The highest BCUT2D eigenvalue weighted by molar-refractivity contribution is 7.90. The van der Waals surface area contributed by atoms with E-state index in [1.807, 2.05) is 0 Å².